The van der Waals surface area contributed by atoms with Crippen LogP contribution in [0.25, 0.3) is 0 Å². The van der Waals surface area contributed by atoms with Gasteiger partial charge >= 0.3 is 0 Å². The molecule has 0 bridgehead atoms. The van der Waals surface area contributed by atoms with Gasteiger partial charge in [-0.15, -0.1) is 11.3 Å². The summed E-state index contributed by atoms with van der Waals surface area (Å²) >= 11 is 7.03. The molecule has 1 aliphatic rings. The van der Waals surface area contributed by atoms with Gasteiger partial charge in [0.2, 0.25) is 0 Å². The summed E-state index contributed by atoms with van der Waals surface area (Å²) in [5, 5.41) is 11.1. The third kappa shape index (κ3) is 2.88. The number of fused-ring (bicyclic) bond motifs is 1. The Morgan fingerprint density at radius 1 is 1.29 bits per heavy atom. The molecule has 1 amide bonds. The first-order chi connectivity index (χ1) is 11.5. The van der Waals surface area contributed by atoms with Gasteiger partial charge in [-0.3, -0.25) is 9.59 Å². The second kappa shape index (κ2) is 6.67. The van der Waals surface area contributed by atoms with Crippen LogP contribution < -0.4 is 4.90 Å². The van der Waals surface area contributed by atoms with E-state index < -0.39 is 11.5 Å². The predicted molar refractivity (Wildman–Crippen MR) is 95.9 cm³/mol. The summed E-state index contributed by atoms with van der Waals surface area (Å²) in [5.74, 6) is -0.706. The minimum absolute atomic E-state index is 0.275. The fourth-order valence-electron chi connectivity index (χ4n) is 3.00. The summed E-state index contributed by atoms with van der Waals surface area (Å²) in [6, 6.07) is 10.4. The standard InChI is InChI=1S/C18H18ClNO3S/c1-2-3-10-20-13-7-5-4-6-12(13)18(23,17(20)22)11-14(21)15-8-9-16(19)24-15/h4-9,23H,2-3,10-11H2,1H3/t18-/m0/s1. The highest BCUT2D eigenvalue weighted by Crippen LogP contribution is 2.43. The molecular formula is C18H18ClNO3S. The van der Waals surface area contributed by atoms with Crippen molar-refractivity contribution in [3.8, 4) is 0 Å². The Kier molecular flexibility index (Phi) is 4.76. The number of thiophene rings is 1. The number of carbonyl (C=O) groups excluding carboxylic acids is 2. The van der Waals surface area contributed by atoms with E-state index in [4.69, 9.17) is 11.6 Å². The molecule has 0 spiro atoms. The van der Waals surface area contributed by atoms with Crippen molar-refractivity contribution in [3.63, 3.8) is 0 Å². The minimum atomic E-state index is -1.81. The van der Waals surface area contributed by atoms with Crippen LogP contribution in [0.3, 0.4) is 0 Å². The number of benzene rings is 1. The predicted octanol–water partition coefficient (Wildman–Crippen LogP) is 4.01. The van der Waals surface area contributed by atoms with E-state index >= 15 is 0 Å². The lowest BCUT2D eigenvalue weighted by Crippen LogP contribution is -2.42. The van der Waals surface area contributed by atoms with E-state index in [9.17, 15) is 14.7 Å². The van der Waals surface area contributed by atoms with E-state index in [0.29, 0.717) is 27.0 Å². The first kappa shape index (κ1) is 17.1. The second-order valence-corrected chi connectivity index (χ2v) is 7.61. The molecule has 2 heterocycles. The van der Waals surface area contributed by atoms with Crippen LogP contribution in [-0.4, -0.2) is 23.3 Å². The number of Topliss-reactive ketones (excluding diaryl/α,β-unsaturated/α-hetero) is 1. The summed E-state index contributed by atoms with van der Waals surface area (Å²) in [5.41, 5.74) is -0.615. The zero-order chi connectivity index (χ0) is 17.3. The number of nitrogens with zero attached hydrogens (tertiary/aromatic N) is 1. The van der Waals surface area contributed by atoms with Gasteiger partial charge in [0.1, 0.15) is 0 Å². The highest BCUT2D eigenvalue weighted by molar-refractivity contribution is 7.18. The number of rotatable bonds is 6. The number of anilines is 1. The van der Waals surface area contributed by atoms with E-state index in [2.05, 4.69) is 0 Å². The lowest BCUT2D eigenvalue weighted by Gasteiger charge is -2.22. The van der Waals surface area contributed by atoms with Crippen molar-refractivity contribution in [2.45, 2.75) is 31.8 Å². The molecule has 0 aliphatic carbocycles. The summed E-state index contributed by atoms with van der Waals surface area (Å²) in [6.45, 7) is 2.58. The number of aliphatic hydroxyl groups is 1. The van der Waals surface area contributed by atoms with Crippen LogP contribution in [0.15, 0.2) is 36.4 Å². The van der Waals surface area contributed by atoms with Gasteiger partial charge in [0.15, 0.2) is 11.4 Å². The molecule has 0 saturated carbocycles. The van der Waals surface area contributed by atoms with E-state index in [0.717, 1.165) is 24.2 Å². The molecule has 126 valence electrons. The molecule has 24 heavy (non-hydrogen) atoms. The van der Waals surface area contributed by atoms with E-state index in [-0.39, 0.29) is 12.2 Å². The normalized spacial score (nSPS) is 19.6. The van der Waals surface area contributed by atoms with Crippen molar-refractivity contribution in [1.82, 2.24) is 0 Å². The van der Waals surface area contributed by atoms with Gasteiger partial charge in [-0.1, -0.05) is 43.1 Å². The first-order valence-corrected chi connectivity index (χ1v) is 9.09. The summed E-state index contributed by atoms with van der Waals surface area (Å²) in [4.78, 5) is 27.4. The highest BCUT2D eigenvalue weighted by atomic mass is 35.5. The molecule has 4 nitrogen and oxygen atoms in total. The molecule has 6 heteroatoms. The van der Waals surface area contributed by atoms with Gasteiger partial charge in [-0.25, -0.2) is 0 Å². The molecule has 0 fully saturated rings. The van der Waals surface area contributed by atoms with Crippen LogP contribution in [0.2, 0.25) is 4.34 Å². The maximum absolute atomic E-state index is 12.9. The minimum Gasteiger partial charge on any atom is -0.375 e. The third-order valence-corrected chi connectivity index (χ3v) is 5.51. The monoisotopic (exact) mass is 363 g/mol. The Morgan fingerprint density at radius 2 is 2.04 bits per heavy atom. The van der Waals surface area contributed by atoms with Crippen molar-refractivity contribution < 1.29 is 14.7 Å². The second-order valence-electron chi connectivity index (χ2n) is 5.89. The average Bonchev–Trinajstić information content (AvgIpc) is 3.09. The number of carbonyl (C=O) groups is 2. The number of unbranched alkanes of at least 4 members (excludes halogenated alkanes) is 1. The Morgan fingerprint density at radius 3 is 2.71 bits per heavy atom. The molecule has 1 N–H and O–H groups in total. The van der Waals surface area contributed by atoms with Crippen LogP contribution >= 0.6 is 22.9 Å². The fourth-order valence-corrected chi connectivity index (χ4v) is 3.98. The number of hydrogen-bond acceptors (Lipinski definition) is 4. The Labute approximate surface area is 149 Å². The van der Waals surface area contributed by atoms with Gasteiger partial charge in [-0.2, -0.15) is 0 Å². The molecule has 1 aromatic heterocycles. The van der Waals surface area contributed by atoms with Crippen molar-refractivity contribution >= 4 is 40.3 Å². The number of hydrogen-bond donors (Lipinski definition) is 1. The molecule has 2 aromatic rings. The summed E-state index contributed by atoms with van der Waals surface area (Å²) in [6.07, 6.45) is 1.50. The maximum atomic E-state index is 12.9. The maximum Gasteiger partial charge on any atom is 0.264 e. The topological polar surface area (TPSA) is 57.6 Å². The number of halogens is 1. The number of amides is 1. The zero-order valence-electron chi connectivity index (χ0n) is 13.3. The lowest BCUT2D eigenvalue weighted by atomic mass is 9.89. The van der Waals surface area contributed by atoms with Gasteiger partial charge in [0.25, 0.3) is 5.91 Å². The largest absolute Gasteiger partial charge is 0.375 e. The number of ketones is 1. The van der Waals surface area contributed by atoms with Gasteiger partial charge < -0.3 is 10.0 Å². The Balaban J connectivity index is 1.93. The molecule has 1 aliphatic heterocycles. The lowest BCUT2D eigenvalue weighted by molar-refractivity contribution is -0.135. The molecule has 3 rings (SSSR count). The molecule has 0 unspecified atom stereocenters. The van der Waals surface area contributed by atoms with Gasteiger partial charge in [0.05, 0.1) is 21.3 Å². The van der Waals surface area contributed by atoms with Crippen LogP contribution in [0.4, 0.5) is 5.69 Å². The van der Waals surface area contributed by atoms with Crippen LogP contribution in [-0.2, 0) is 10.4 Å². The molecule has 1 atom stereocenters. The van der Waals surface area contributed by atoms with Crippen LogP contribution in [0.1, 0.15) is 41.4 Å². The van der Waals surface area contributed by atoms with Crippen molar-refractivity contribution in [2.24, 2.45) is 0 Å². The van der Waals surface area contributed by atoms with Gasteiger partial charge in [0, 0.05) is 12.1 Å². The van der Waals surface area contributed by atoms with Crippen LogP contribution in [0, 0.1) is 0 Å². The van der Waals surface area contributed by atoms with Gasteiger partial charge in [-0.05, 0) is 24.6 Å². The Bertz CT molecular complexity index is 788. The van der Waals surface area contributed by atoms with E-state index in [1.54, 1.807) is 29.2 Å². The average molecular weight is 364 g/mol. The first-order valence-electron chi connectivity index (χ1n) is 7.89. The third-order valence-electron chi connectivity index (χ3n) is 4.24. The summed E-state index contributed by atoms with van der Waals surface area (Å²) < 4.78 is 0.507. The zero-order valence-corrected chi connectivity index (χ0v) is 14.9. The smallest absolute Gasteiger partial charge is 0.264 e. The van der Waals surface area contributed by atoms with Crippen LogP contribution in [0.5, 0.6) is 0 Å². The SMILES string of the molecule is CCCCN1C(=O)[C@](O)(CC(=O)c2ccc(Cl)s2)c2ccccc21. The molecule has 1 aromatic carbocycles. The molecular weight excluding hydrogens is 346 g/mol. The molecule has 0 radical (unpaired) electrons. The highest BCUT2D eigenvalue weighted by Gasteiger charge is 2.50. The quantitative estimate of drug-likeness (QED) is 0.789. The van der Waals surface area contributed by atoms with Crippen molar-refractivity contribution in [3.05, 3.63) is 51.2 Å². The molecule has 0 saturated heterocycles. The number of para-hydroxylation sites is 1. The van der Waals surface area contributed by atoms with Crippen molar-refractivity contribution in [2.75, 3.05) is 11.4 Å². The van der Waals surface area contributed by atoms with E-state index in [1.165, 1.54) is 0 Å². The van der Waals surface area contributed by atoms with Crippen molar-refractivity contribution in [1.29, 1.82) is 0 Å². The Hall–Kier alpha value is -1.69. The summed E-state index contributed by atoms with van der Waals surface area (Å²) in [7, 11) is 0. The van der Waals surface area contributed by atoms with E-state index in [1.807, 2.05) is 19.1 Å². The fraction of sp³-hybridized carbons (Fsp3) is 0.333.